The maximum atomic E-state index is 11.2. The van der Waals surface area contributed by atoms with Crippen molar-refractivity contribution >= 4 is 29.6 Å². The van der Waals surface area contributed by atoms with E-state index in [4.69, 9.17) is 4.98 Å². The molecule has 0 fully saturated rings. The van der Waals surface area contributed by atoms with E-state index in [0.717, 1.165) is 43.3 Å². The lowest BCUT2D eigenvalue weighted by atomic mass is 10.2. The molecule has 1 heterocycles. The number of amides is 1. The summed E-state index contributed by atoms with van der Waals surface area (Å²) < 4.78 is 0. The number of pyridine rings is 1. The largest absolute Gasteiger partial charge is 0.371 e. The van der Waals surface area contributed by atoms with Crippen molar-refractivity contribution < 1.29 is 4.79 Å². The lowest BCUT2D eigenvalue weighted by Crippen LogP contribution is -2.26. The fraction of sp³-hybridized carbons (Fsp3) is 0.774. The maximum Gasteiger partial charge on any atom is 0.221 e. The number of aliphatic imine (C=N–C) groups is 1. The van der Waals surface area contributed by atoms with Crippen LogP contribution in [0.2, 0.25) is 0 Å². The smallest absolute Gasteiger partial charge is 0.221 e. The third-order valence-electron chi connectivity index (χ3n) is 5.02. The van der Waals surface area contributed by atoms with E-state index in [9.17, 15) is 4.79 Å². The number of hydrogen-bond acceptors (Lipinski definition) is 6. The van der Waals surface area contributed by atoms with Crippen LogP contribution in [-0.4, -0.2) is 76.5 Å². The molecule has 39 heavy (non-hydrogen) atoms. The molecule has 0 unspecified atom stereocenters. The lowest BCUT2D eigenvalue weighted by molar-refractivity contribution is -0.120. The molecular weight excluding hydrogens is 486 g/mol. The highest BCUT2D eigenvalue weighted by Crippen LogP contribution is 2.23. The van der Waals surface area contributed by atoms with Crippen molar-refractivity contribution in [3.63, 3.8) is 0 Å². The Hall–Kier alpha value is -2.35. The molecular formula is C31H67N7O. The van der Waals surface area contributed by atoms with Crippen LogP contribution in [0.1, 0.15) is 107 Å². The van der Waals surface area contributed by atoms with Gasteiger partial charge in [0.25, 0.3) is 0 Å². The first-order valence-corrected chi connectivity index (χ1v) is 15.5. The average molecular weight is 554 g/mol. The topological polar surface area (TPSA) is 84.9 Å². The molecule has 0 aliphatic rings. The number of carbonyl (C=O) groups is 1. The highest BCUT2D eigenvalue weighted by molar-refractivity contribution is 5.82. The first-order valence-electron chi connectivity index (χ1n) is 15.5. The molecule has 1 rings (SSSR count). The monoisotopic (exact) mass is 554 g/mol. The minimum absolute atomic E-state index is 0.0108. The van der Waals surface area contributed by atoms with Gasteiger partial charge >= 0.3 is 0 Å². The van der Waals surface area contributed by atoms with Gasteiger partial charge in [-0.05, 0) is 52.0 Å². The van der Waals surface area contributed by atoms with Gasteiger partial charge in [-0.15, -0.1) is 0 Å². The minimum atomic E-state index is -0.0108. The van der Waals surface area contributed by atoms with E-state index in [1.807, 2.05) is 60.7 Å². The Morgan fingerprint density at radius 3 is 1.79 bits per heavy atom. The Kier molecular flexibility index (Phi) is 39.9. The normalized spacial score (nSPS) is 9.49. The molecule has 3 N–H and O–H groups in total. The van der Waals surface area contributed by atoms with E-state index in [0.29, 0.717) is 13.0 Å². The Morgan fingerprint density at radius 1 is 0.872 bits per heavy atom. The summed E-state index contributed by atoms with van der Waals surface area (Å²) in [5, 5.41) is 8.87. The molecule has 0 aromatic carbocycles. The van der Waals surface area contributed by atoms with Crippen molar-refractivity contribution in [2.75, 3.05) is 69.9 Å². The molecule has 0 aliphatic carbocycles. The van der Waals surface area contributed by atoms with Gasteiger partial charge in [-0.1, -0.05) is 81.6 Å². The number of aromatic nitrogens is 1. The van der Waals surface area contributed by atoms with Crippen LogP contribution in [-0.2, 0) is 4.79 Å². The van der Waals surface area contributed by atoms with Crippen LogP contribution in [0.25, 0.3) is 0 Å². The van der Waals surface area contributed by atoms with Crippen LogP contribution < -0.4 is 20.9 Å². The molecule has 0 radical (unpaired) electrons. The van der Waals surface area contributed by atoms with E-state index in [1.54, 1.807) is 13.4 Å². The van der Waals surface area contributed by atoms with Crippen LogP contribution in [0.5, 0.6) is 0 Å². The molecule has 232 valence electrons. The van der Waals surface area contributed by atoms with Crippen molar-refractivity contribution in [2.45, 2.75) is 107 Å². The molecule has 0 spiro atoms. The Morgan fingerprint density at radius 2 is 1.38 bits per heavy atom. The molecule has 0 bridgehead atoms. The molecule has 0 saturated heterocycles. The van der Waals surface area contributed by atoms with Crippen LogP contribution in [0.3, 0.4) is 0 Å². The number of rotatable bonds is 16. The van der Waals surface area contributed by atoms with Gasteiger partial charge in [0.2, 0.25) is 5.91 Å². The number of unbranched alkanes of at least 4 members (excludes halogenated alkanes) is 3. The van der Waals surface area contributed by atoms with E-state index in [1.165, 1.54) is 32.2 Å². The summed E-state index contributed by atoms with van der Waals surface area (Å²) in [6.45, 7) is 22.4. The maximum absolute atomic E-state index is 11.2. The standard InChI is InChI=1S/C19H34N6O.C6H15N.3C2H6/c1-5-7-13-25(14-8-6-2)17-10-9-16(19(21-4)24-17)23-15-22-12-11-18(26)20-3;1-4-5-6-7(2)3;3*1-2/h9-10,15H,5-8,11-14H2,1-4H3,(H,20,26)(H,21,24)(H,22,23);4-6H2,1-3H3;3*1-2H3. The predicted octanol–water partition coefficient (Wildman–Crippen LogP) is 7.53. The zero-order valence-corrected chi connectivity index (χ0v) is 28.2. The van der Waals surface area contributed by atoms with Crippen molar-refractivity contribution in [3.05, 3.63) is 12.1 Å². The highest BCUT2D eigenvalue weighted by Gasteiger charge is 2.10. The predicted molar refractivity (Wildman–Crippen MR) is 179 cm³/mol. The molecule has 8 heteroatoms. The summed E-state index contributed by atoms with van der Waals surface area (Å²) in [5.41, 5.74) is 0.867. The molecule has 1 amide bonds. The van der Waals surface area contributed by atoms with Crippen LogP contribution in [0, 0.1) is 0 Å². The van der Waals surface area contributed by atoms with Gasteiger partial charge < -0.3 is 25.8 Å². The Bertz CT molecular complexity index is 644. The van der Waals surface area contributed by atoms with E-state index < -0.39 is 0 Å². The van der Waals surface area contributed by atoms with Gasteiger partial charge in [-0.3, -0.25) is 9.79 Å². The SMILES string of the molecule is CC.CC.CC.CCCCN(C)C.CCCCN(CCCC)c1ccc(NC=NCCC(=O)NC)c(NC)n1. The van der Waals surface area contributed by atoms with Crippen LogP contribution in [0.4, 0.5) is 17.3 Å². The van der Waals surface area contributed by atoms with Gasteiger partial charge in [0, 0.05) is 40.2 Å². The van der Waals surface area contributed by atoms with Crippen LogP contribution in [0.15, 0.2) is 17.1 Å². The zero-order valence-electron chi connectivity index (χ0n) is 28.2. The fourth-order valence-corrected chi connectivity index (χ4v) is 2.92. The van der Waals surface area contributed by atoms with Gasteiger partial charge in [0.1, 0.15) is 5.82 Å². The highest BCUT2D eigenvalue weighted by atomic mass is 16.1. The lowest BCUT2D eigenvalue weighted by Gasteiger charge is -2.24. The second kappa shape index (κ2) is 35.6. The second-order valence-electron chi connectivity index (χ2n) is 8.27. The van der Waals surface area contributed by atoms with Gasteiger partial charge in [-0.25, -0.2) is 4.98 Å². The molecule has 1 aromatic heterocycles. The van der Waals surface area contributed by atoms with Crippen molar-refractivity contribution in [3.8, 4) is 0 Å². The quantitative estimate of drug-likeness (QED) is 0.145. The zero-order chi connectivity index (χ0) is 30.9. The summed E-state index contributed by atoms with van der Waals surface area (Å²) >= 11 is 0. The van der Waals surface area contributed by atoms with E-state index in [2.05, 4.69) is 65.6 Å². The summed E-state index contributed by atoms with van der Waals surface area (Å²) in [6.07, 6.45) is 9.31. The van der Waals surface area contributed by atoms with Gasteiger partial charge in [-0.2, -0.15) is 0 Å². The molecule has 1 aromatic rings. The fourth-order valence-electron chi connectivity index (χ4n) is 2.92. The van der Waals surface area contributed by atoms with Crippen molar-refractivity contribution in [2.24, 2.45) is 4.99 Å². The number of carbonyl (C=O) groups excluding carboxylic acids is 1. The third-order valence-corrected chi connectivity index (χ3v) is 5.02. The number of nitrogens with zero attached hydrogens (tertiary/aromatic N) is 4. The average Bonchev–Trinajstić information content (AvgIpc) is 2.99. The molecule has 0 atom stereocenters. The molecule has 0 saturated carbocycles. The number of nitrogens with one attached hydrogen (secondary N) is 3. The molecule has 0 aliphatic heterocycles. The first-order chi connectivity index (χ1) is 18.9. The van der Waals surface area contributed by atoms with Crippen LogP contribution >= 0.6 is 0 Å². The second-order valence-corrected chi connectivity index (χ2v) is 8.27. The minimum Gasteiger partial charge on any atom is -0.371 e. The summed E-state index contributed by atoms with van der Waals surface area (Å²) in [5.74, 6) is 1.78. The van der Waals surface area contributed by atoms with Gasteiger partial charge in [0.05, 0.1) is 12.0 Å². The van der Waals surface area contributed by atoms with Crippen molar-refractivity contribution in [1.82, 2.24) is 15.2 Å². The summed E-state index contributed by atoms with van der Waals surface area (Å²) in [7, 11) is 7.70. The number of hydrogen-bond donors (Lipinski definition) is 3. The van der Waals surface area contributed by atoms with E-state index >= 15 is 0 Å². The number of anilines is 3. The first kappa shape index (κ1) is 43.7. The summed E-state index contributed by atoms with van der Waals surface area (Å²) in [6, 6.07) is 4.07. The van der Waals surface area contributed by atoms with Crippen molar-refractivity contribution in [1.29, 1.82) is 0 Å². The van der Waals surface area contributed by atoms with Gasteiger partial charge in [0.15, 0.2) is 5.82 Å². The third kappa shape index (κ3) is 27.0. The Balaban J connectivity index is -0.000000397. The van der Waals surface area contributed by atoms with E-state index in [-0.39, 0.29) is 5.91 Å². The Labute approximate surface area is 243 Å². The molecule has 8 nitrogen and oxygen atoms in total. The summed E-state index contributed by atoms with van der Waals surface area (Å²) in [4.78, 5) is 24.7.